The van der Waals surface area contributed by atoms with Gasteiger partial charge in [0.1, 0.15) is 12.2 Å². The van der Waals surface area contributed by atoms with Crippen LogP contribution in [0, 0.1) is 11.3 Å². The second kappa shape index (κ2) is 7.32. The monoisotopic (exact) mass is 394 g/mol. The zero-order valence-corrected chi connectivity index (χ0v) is 17.8. The van der Waals surface area contributed by atoms with Crippen molar-refractivity contribution in [1.29, 1.82) is 0 Å². The summed E-state index contributed by atoms with van der Waals surface area (Å²) in [5, 5.41) is 7.13. The smallest absolute Gasteiger partial charge is 0.291 e. The number of hydrazone groups is 1. The highest BCUT2D eigenvalue weighted by Crippen LogP contribution is 2.28. The minimum atomic E-state index is -0.214. The lowest BCUT2D eigenvalue weighted by Crippen LogP contribution is -2.45. The van der Waals surface area contributed by atoms with Crippen LogP contribution in [0.25, 0.3) is 10.9 Å². The second-order valence-corrected chi connectivity index (χ2v) is 9.42. The van der Waals surface area contributed by atoms with Crippen molar-refractivity contribution < 1.29 is 9.59 Å². The number of nitrogens with zero attached hydrogens (tertiary/aromatic N) is 4. The van der Waals surface area contributed by atoms with Crippen molar-refractivity contribution in [2.24, 2.45) is 16.4 Å². The van der Waals surface area contributed by atoms with Crippen molar-refractivity contribution in [3.8, 4) is 0 Å². The number of carbonyl (C=O) groups excluding carboxylic acids is 2. The maximum Gasteiger partial charge on any atom is 0.291 e. The molecule has 4 rings (SSSR count). The van der Waals surface area contributed by atoms with E-state index < -0.39 is 0 Å². The fourth-order valence-electron chi connectivity index (χ4n) is 4.20. The summed E-state index contributed by atoms with van der Waals surface area (Å²) in [5.41, 5.74) is 2.29. The molecule has 1 aromatic carbocycles. The Morgan fingerprint density at radius 2 is 2.00 bits per heavy atom. The Morgan fingerprint density at radius 3 is 2.72 bits per heavy atom. The fourth-order valence-corrected chi connectivity index (χ4v) is 4.20. The number of amides is 2. The van der Waals surface area contributed by atoms with Gasteiger partial charge in [-0.3, -0.25) is 9.59 Å². The first-order chi connectivity index (χ1) is 13.7. The molecule has 29 heavy (non-hydrogen) atoms. The molecule has 1 fully saturated rings. The number of hydrogen-bond acceptors (Lipinski definition) is 3. The van der Waals surface area contributed by atoms with Gasteiger partial charge in [0, 0.05) is 29.4 Å². The molecule has 0 unspecified atom stereocenters. The molecular weight excluding hydrogens is 364 g/mol. The van der Waals surface area contributed by atoms with Gasteiger partial charge in [-0.05, 0) is 30.9 Å². The van der Waals surface area contributed by atoms with Crippen molar-refractivity contribution in [3.63, 3.8) is 0 Å². The predicted octanol–water partition coefficient (Wildman–Crippen LogP) is 3.76. The Morgan fingerprint density at radius 1 is 1.24 bits per heavy atom. The highest BCUT2D eigenvalue weighted by molar-refractivity contribution is 6.03. The molecular formula is C23H30N4O2. The summed E-state index contributed by atoms with van der Waals surface area (Å²) in [6.07, 6.45) is 2.17. The van der Waals surface area contributed by atoms with E-state index in [1.54, 1.807) is 0 Å². The molecule has 0 aliphatic carbocycles. The Balaban J connectivity index is 1.70. The van der Waals surface area contributed by atoms with E-state index in [-0.39, 0.29) is 23.8 Å². The number of carbonyl (C=O) groups is 2. The van der Waals surface area contributed by atoms with E-state index in [0.717, 1.165) is 42.5 Å². The zero-order chi connectivity index (χ0) is 20.8. The molecule has 2 aliphatic heterocycles. The highest BCUT2D eigenvalue weighted by Gasteiger charge is 2.32. The van der Waals surface area contributed by atoms with Crippen LogP contribution in [-0.2, 0) is 11.3 Å². The van der Waals surface area contributed by atoms with Crippen LogP contribution in [0.15, 0.2) is 35.4 Å². The lowest BCUT2D eigenvalue weighted by Gasteiger charge is -2.32. The first-order valence-corrected chi connectivity index (χ1v) is 10.5. The number of hydrogen-bond donors (Lipinski definition) is 0. The minimum absolute atomic E-state index is 0.00728. The average Bonchev–Trinajstić information content (AvgIpc) is 2.97. The van der Waals surface area contributed by atoms with Crippen LogP contribution in [-0.4, -0.2) is 51.6 Å². The van der Waals surface area contributed by atoms with Crippen molar-refractivity contribution in [2.75, 3.05) is 19.6 Å². The fraction of sp³-hybridized carbons (Fsp3) is 0.522. The summed E-state index contributed by atoms with van der Waals surface area (Å²) in [5.74, 6) is 0.272. The summed E-state index contributed by atoms with van der Waals surface area (Å²) in [6, 6.07) is 9.92. The number of piperidine rings is 1. The number of likely N-dealkylation sites (tertiary alicyclic amines) is 1. The van der Waals surface area contributed by atoms with Gasteiger partial charge in [-0.15, -0.1) is 0 Å². The molecule has 2 aromatic rings. The van der Waals surface area contributed by atoms with Crippen molar-refractivity contribution in [2.45, 2.75) is 47.1 Å². The van der Waals surface area contributed by atoms with Crippen LogP contribution < -0.4 is 0 Å². The van der Waals surface area contributed by atoms with Crippen LogP contribution in [0.5, 0.6) is 0 Å². The Labute approximate surface area is 172 Å². The molecule has 3 heterocycles. The van der Waals surface area contributed by atoms with Gasteiger partial charge in [0.15, 0.2) is 0 Å². The maximum atomic E-state index is 13.4. The summed E-state index contributed by atoms with van der Waals surface area (Å²) < 4.78 is 2.04. The molecule has 154 valence electrons. The topological polar surface area (TPSA) is 57.9 Å². The molecule has 0 saturated carbocycles. The molecule has 1 aromatic heterocycles. The van der Waals surface area contributed by atoms with Gasteiger partial charge in [0.05, 0.1) is 12.3 Å². The molecule has 1 saturated heterocycles. The molecule has 6 heteroatoms. The summed E-state index contributed by atoms with van der Waals surface area (Å²) in [4.78, 5) is 28.2. The highest BCUT2D eigenvalue weighted by atomic mass is 16.2. The number of para-hydroxylation sites is 1. The number of aromatic nitrogens is 1. The summed E-state index contributed by atoms with van der Waals surface area (Å²) in [7, 11) is 0. The molecule has 1 atom stereocenters. The maximum absolute atomic E-state index is 13.4. The summed E-state index contributed by atoms with van der Waals surface area (Å²) in [6.45, 7) is 10.5. The van der Waals surface area contributed by atoms with E-state index in [9.17, 15) is 9.59 Å². The van der Waals surface area contributed by atoms with Gasteiger partial charge in [-0.1, -0.05) is 45.9 Å². The van der Waals surface area contributed by atoms with Crippen molar-refractivity contribution in [1.82, 2.24) is 14.5 Å². The van der Waals surface area contributed by atoms with Gasteiger partial charge in [-0.2, -0.15) is 5.10 Å². The zero-order valence-electron chi connectivity index (χ0n) is 17.8. The lowest BCUT2D eigenvalue weighted by molar-refractivity contribution is -0.133. The molecule has 0 N–H and O–H groups in total. The first kappa shape index (κ1) is 19.7. The van der Waals surface area contributed by atoms with Gasteiger partial charge in [0.25, 0.3) is 5.91 Å². The van der Waals surface area contributed by atoms with Crippen LogP contribution in [0.2, 0.25) is 0 Å². The molecule has 0 radical (unpaired) electrons. The molecule has 0 spiro atoms. The first-order valence-electron chi connectivity index (χ1n) is 10.5. The standard InChI is InChI=1S/C23H30N4O2/c1-16-8-7-11-25(13-16)21(28)15-27-22(29)19-12-17-9-5-6-10-18(17)26(19)14-20(24-27)23(2,3)4/h5-6,9-10,12,16H,7-8,11,13-15H2,1-4H3/t16-/m0/s1. The normalized spacial score (nSPS) is 20.5. The minimum Gasteiger partial charge on any atom is -0.341 e. The van der Waals surface area contributed by atoms with Gasteiger partial charge in [-0.25, -0.2) is 5.01 Å². The Kier molecular flexibility index (Phi) is 4.97. The third-order valence-electron chi connectivity index (χ3n) is 5.97. The van der Waals surface area contributed by atoms with E-state index in [4.69, 9.17) is 5.10 Å². The lowest BCUT2D eigenvalue weighted by atomic mass is 9.90. The third kappa shape index (κ3) is 3.80. The van der Waals surface area contributed by atoms with Gasteiger partial charge in [0.2, 0.25) is 5.91 Å². The SMILES string of the molecule is C[C@H]1CCCN(C(=O)CN2N=C(C(C)(C)C)Cn3c(cc4ccccc43)C2=O)C1. The van der Waals surface area contributed by atoms with Gasteiger partial charge >= 0.3 is 0 Å². The van der Waals surface area contributed by atoms with E-state index in [0.29, 0.717) is 18.2 Å². The second-order valence-electron chi connectivity index (χ2n) is 9.42. The molecule has 6 nitrogen and oxygen atoms in total. The van der Waals surface area contributed by atoms with Crippen LogP contribution in [0.1, 0.15) is 51.0 Å². The van der Waals surface area contributed by atoms with Crippen LogP contribution in [0.4, 0.5) is 0 Å². The van der Waals surface area contributed by atoms with Crippen LogP contribution >= 0.6 is 0 Å². The summed E-state index contributed by atoms with van der Waals surface area (Å²) >= 11 is 0. The molecule has 0 bridgehead atoms. The molecule has 2 aliphatic rings. The third-order valence-corrected chi connectivity index (χ3v) is 5.97. The quantitative estimate of drug-likeness (QED) is 0.779. The number of rotatable bonds is 2. The van der Waals surface area contributed by atoms with Crippen molar-refractivity contribution in [3.05, 3.63) is 36.0 Å². The van der Waals surface area contributed by atoms with Gasteiger partial charge < -0.3 is 9.47 Å². The van der Waals surface area contributed by atoms with E-state index in [1.165, 1.54) is 5.01 Å². The Bertz CT molecular complexity index is 982. The molecule has 2 amide bonds. The largest absolute Gasteiger partial charge is 0.341 e. The predicted molar refractivity (Wildman–Crippen MR) is 115 cm³/mol. The van der Waals surface area contributed by atoms with E-state index in [2.05, 4.69) is 27.7 Å². The average molecular weight is 395 g/mol. The number of fused-ring (bicyclic) bond motifs is 3. The van der Waals surface area contributed by atoms with E-state index in [1.807, 2.05) is 39.8 Å². The van der Waals surface area contributed by atoms with Crippen molar-refractivity contribution >= 4 is 28.4 Å². The van der Waals surface area contributed by atoms with Crippen LogP contribution in [0.3, 0.4) is 0 Å². The number of benzene rings is 1. The Hall–Kier alpha value is -2.63. The van der Waals surface area contributed by atoms with E-state index >= 15 is 0 Å².